The third kappa shape index (κ3) is 3.42. The third-order valence-electron chi connectivity index (χ3n) is 3.81. The molecule has 22 heavy (non-hydrogen) atoms. The minimum atomic E-state index is -0.133. The highest BCUT2D eigenvalue weighted by atomic mass is 16.1. The number of hydrogen-bond donors (Lipinski definition) is 1. The summed E-state index contributed by atoms with van der Waals surface area (Å²) in [5.74, 6) is 0.375. The molecule has 5 nitrogen and oxygen atoms in total. The summed E-state index contributed by atoms with van der Waals surface area (Å²) < 4.78 is 1.43. The molecule has 3 rings (SSSR count). The van der Waals surface area contributed by atoms with Crippen LogP contribution in [0.5, 0.6) is 0 Å². The van der Waals surface area contributed by atoms with Crippen molar-refractivity contribution in [1.29, 1.82) is 0 Å². The Hall–Kier alpha value is -2.43. The van der Waals surface area contributed by atoms with Gasteiger partial charge in [0, 0.05) is 24.1 Å². The average molecular weight is 297 g/mol. The second-order valence-electron chi connectivity index (χ2n) is 5.72. The highest BCUT2D eigenvalue weighted by Gasteiger charge is 2.25. The molecule has 1 aliphatic carbocycles. The summed E-state index contributed by atoms with van der Waals surface area (Å²) in [5.41, 5.74) is 2.58. The van der Waals surface area contributed by atoms with Gasteiger partial charge >= 0.3 is 0 Å². The molecule has 0 radical (unpaired) electrons. The first kappa shape index (κ1) is 14.5. The van der Waals surface area contributed by atoms with Crippen LogP contribution >= 0.6 is 0 Å². The van der Waals surface area contributed by atoms with E-state index in [1.165, 1.54) is 4.68 Å². The lowest BCUT2D eigenvalue weighted by Crippen LogP contribution is -2.32. The predicted molar refractivity (Wildman–Crippen MR) is 84.0 cm³/mol. The fraction of sp³-hybridized carbons (Fsp3) is 0.353. The van der Waals surface area contributed by atoms with Crippen molar-refractivity contribution in [2.75, 3.05) is 6.54 Å². The maximum atomic E-state index is 12.0. The van der Waals surface area contributed by atoms with E-state index in [4.69, 9.17) is 0 Å². The van der Waals surface area contributed by atoms with Gasteiger partial charge in [-0.1, -0.05) is 17.7 Å². The van der Waals surface area contributed by atoms with Crippen molar-refractivity contribution in [2.45, 2.75) is 32.2 Å². The Balaban J connectivity index is 1.58. The summed E-state index contributed by atoms with van der Waals surface area (Å²) in [6, 6.07) is 10.8. The number of amides is 1. The quantitative estimate of drug-likeness (QED) is 0.916. The Morgan fingerprint density at radius 2 is 1.95 bits per heavy atom. The summed E-state index contributed by atoms with van der Waals surface area (Å²) in [5, 5.41) is 7.19. The second-order valence-corrected chi connectivity index (χ2v) is 5.72. The van der Waals surface area contributed by atoms with Gasteiger partial charge in [-0.2, -0.15) is 5.10 Å². The molecule has 0 unspecified atom stereocenters. The zero-order chi connectivity index (χ0) is 15.5. The van der Waals surface area contributed by atoms with Crippen molar-refractivity contribution >= 4 is 5.91 Å². The van der Waals surface area contributed by atoms with E-state index in [1.807, 2.05) is 19.1 Å². The van der Waals surface area contributed by atoms with Crippen LogP contribution in [0.4, 0.5) is 0 Å². The van der Waals surface area contributed by atoms with Crippen molar-refractivity contribution in [3.05, 3.63) is 63.6 Å². The van der Waals surface area contributed by atoms with Gasteiger partial charge in [-0.05, 0) is 38.0 Å². The maximum absolute atomic E-state index is 12.0. The van der Waals surface area contributed by atoms with Gasteiger partial charge in [0.2, 0.25) is 0 Å². The number of carbonyl (C=O) groups excluding carboxylic acids is 1. The van der Waals surface area contributed by atoms with Crippen LogP contribution < -0.4 is 10.9 Å². The van der Waals surface area contributed by atoms with Gasteiger partial charge in [-0.3, -0.25) is 9.59 Å². The van der Waals surface area contributed by atoms with Gasteiger partial charge in [-0.25, -0.2) is 4.68 Å². The Morgan fingerprint density at radius 3 is 2.64 bits per heavy atom. The number of nitrogens with zero attached hydrogens (tertiary/aromatic N) is 2. The molecule has 0 saturated heterocycles. The Bertz CT molecular complexity index is 730. The summed E-state index contributed by atoms with van der Waals surface area (Å²) >= 11 is 0. The molecule has 0 atom stereocenters. The van der Waals surface area contributed by atoms with E-state index in [9.17, 15) is 9.59 Å². The van der Waals surface area contributed by atoms with Crippen molar-refractivity contribution < 1.29 is 4.79 Å². The smallest absolute Gasteiger partial charge is 0.266 e. The van der Waals surface area contributed by atoms with Crippen LogP contribution in [0.2, 0.25) is 0 Å². The molecular weight excluding hydrogens is 278 g/mol. The van der Waals surface area contributed by atoms with Crippen molar-refractivity contribution in [3.63, 3.8) is 0 Å². The summed E-state index contributed by atoms with van der Waals surface area (Å²) in [6.45, 7) is 2.75. The minimum Gasteiger partial charge on any atom is -0.350 e. The lowest BCUT2D eigenvalue weighted by Gasteiger charge is -2.08. The lowest BCUT2D eigenvalue weighted by atomic mass is 10.1. The molecule has 114 valence electrons. The van der Waals surface area contributed by atoms with E-state index in [0.717, 1.165) is 24.1 Å². The zero-order valence-electron chi connectivity index (χ0n) is 12.6. The predicted octanol–water partition coefficient (Wildman–Crippen LogP) is 1.86. The van der Waals surface area contributed by atoms with Crippen LogP contribution in [0, 0.1) is 6.92 Å². The molecule has 1 saturated carbocycles. The number of aromatic nitrogens is 2. The van der Waals surface area contributed by atoms with Crippen molar-refractivity contribution in [1.82, 2.24) is 15.1 Å². The first-order valence-corrected chi connectivity index (χ1v) is 7.56. The standard InChI is InChI=1S/C17H19N3O2/c1-12-2-4-14(5-3-12)17(22)18-10-11-20-16(21)9-8-15(19-20)13-6-7-13/h2-5,8-9,13H,6-7,10-11H2,1H3,(H,18,22). The van der Waals surface area contributed by atoms with Crippen LogP contribution in [-0.4, -0.2) is 22.2 Å². The summed E-state index contributed by atoms with van der Waals surface area (Å²) in [4.78, 5) is 23.8. The zero-order valence-corrected chi connectivity index (χ0v) is 12.6. The maximum Gasteiger partial charge on any atom is 0.266 e. The Labute approximate surface area is 129 Å². The van der Waals surface area contributed by atoms with Gasteiger partial charge < -0.3 is 5.32 Å². The molecule has 1 aromatic heterocycles. The summed E-state index contributed by atoms with van der Waals surface area (Å²) in [6.07, 6.45) is 2.30. The van der Waals surface area contributed by atoms with Crippen molar-refractivity contribution in [3.8, 4) is 0 Å². The van der Waals surface area contributed by atoms with E-state index in [0.29, 0.717) is 24.6 Å². The number of nitrogens with one attached hydrogen (secondary N) is 1. The number of carbonyl (C=O) groups is 1. The van der Waals surface area contributed by atoms with Crippen LogP contribution in [-0.2, 0) is 6.54 Å². The van der Waals surface area contributed by atoms with Gasteiger partial charge in [0.05, 0.1) is 12.2 Å². The minimum absolute atomic E-state index is 0.131. The SMILES string of the molecule is Cc1ccc(C(=O)NCCn2nc(C3CC3)ccc2=O)cc1. The number of benzene rings is 1. The second kappa shape index (κ2) is 6.13. The molecule has 5 heteroatoms. The van der Waals surface area contributed by atoms with E-state index in [2.05, 4.69) is 10.4 Å². The number of rotatable bonds is 5. The average Bonchev–Trinajstić information content (AvgIpc) is 3.34. The highest BCUT2D eigenvalue weighted by Crippen LogP contribution is 2.38. The molecule has 1 aliphatic rings. The van der Waals surface area contributed by atoms with Gasteiger partial charge in [0.25, 0.3) is 11.5 Å². The van der Waals surface area contributed by atoms with Crippen molar-refractivity contribution in [2.24, 2.45) is 0 Å². The monoisotopic (exact) mass is 297 g/mol. The molecule has 1 fully saturated rings. The largest absolute Gasteiger partial charge is 0.350 e. The first-order chi connectivity index (χ1) is 10.6. The molecule has 0 spiro atoms. The molecule has 0 aliphatic heterocycles. The Kier molecular flexibility index (Phi) is 4.04. The number of aryl methyl sites for hydroxylation is 1. The molecule has 1 N–H and O–H groups in total. The highest BCUT2D eigenvalue weighted by molar-refractivity contribution is 5.94. The molecule has 1 amide bonds. The van der Waals surface area contributed by atoms with E-state index in [-0.39, 0.29) is 11.5 Å². The van der Waals surface area contributed by atoms with Crippen LogP contribution in [0.1, 0.15) is 40.4 Å². The normalized spacial score (nSPS) is 13.9. The fourth-order valence-electron chi connectivity index (χ4n) is 2.30. The van der Waals surface area contributed by atoms with Crippen LogP contribution in [0.15, 0.2) is 41.2 Å². The van der Waals surface area contributed by atoms with Gasteiger partial charge in [-0.15, -0.1) is 0 Å². The Morgan fingerprint density at radius 1 is 1.23 bits per heavy atom. The first-order valence-electron chi connectivity index (χ1n) is 7.56. The van der Waals surface area contributed by atoms with E-state index in [1.54, 1.807) is 24.3 Å². The number of hydrogen-bond acceptors (Lipinski definition) is 3. The lowest BCUT2D eigenvalue weighted by molar-refractivity contribution is 0.0951. The van der Waals surface area contributed by atoms with Crippen LogP contribution in [0.25, 0.3) is 0 Å². The molecule has 1 heterocycles. The van der Waals surface area contributed by atoms with Crippen LogP contribution in [0.3, 0.4) is 0 Å². The molecular formula is C17H19N3O2. The molecule has 0 bridgehead atoms. The molecule has 2 aromatic rings. The summed E-state index contributed by atoms with van der Waals surface area (Å²) in [7, 11) is 0. The van der Waals surface area contributed by atoms with E-state index < -0.39 is 0 Å². The van der Waals surface area contributed by atoms with E-state index >= 15 is 0 Å². The topological polar surface area (TPSA) is 64.0 Å². The third-order valence-corrected chi connectivity index (χ3v) is 3.81. The van der Waals surface area contributed by atoms with Gasteiger partial charge in [0.1, 0.15) is 0 Å². The fourth-order valence-corrected chi connectivity index (χ4v) is 2.30. The molecule has 1 aromatic carbocycles. The van der Waals surface area contributed by atoms with Gasteiger partial charge in [0.15, 0.2) is 0 Å².